The van der Waals surface area contributed by atoms with Crippen molar-refractivity contribution in [1.82, 2.24) is 9.62 Å². The Bertz CT molecular complexity index is 374. The highest BCUT2D eigenvalue weighted by molar-refractivity contribution is 7.89. The first-order chi connectivity index (χ1) is 9.63. The summed E-state index contributed by atoms with van der Waals surface area (Å²) in [7, 11) is -3.21. The van der Waals surface area contributed by atoms with Gasteiger partial charge in [0.15, 0.2) is 0 Å². The van der Waals surface area contributed by atoms with Crippen molar-refractivity contribution in [3.8, 4) is 0 Å². The zero-order chi connectivity index (χ0) is 14.4. The normalized spacial score (nSPS) is 22.7. The van der Waals surface area contributed by atoms with Crippen molar-refractivity contribution in [2.75, 3.05) is 32.0 Å². The highest BCUT2D eigenvalue weighted by atomic mass is 32.2. The van der Waals surface area contributed by atoms with E-state index < -0.39 is 10.0 Å². The van der Waals surface area contributed by atoms with E-state index in [1.807, 2.05) is 0 Å². The summed E-state index contributed by atoms with van der Waals surface area (Å²) in [6.07, 6.45) is 7.04. The number of nitrogens with one attached hydrogen (secondary N) is 1. The average Bonchev–Trinajstić information content (AvgIpc) is 2.97. The second-order valence-corrected chi connectivity index (χ2v) is 8.11. The lowest BCUT2D eigenvalue weighted by atomic mass is 9.96. The largest absolute Gasteiger partial charge is 0.395 e. The smallest absolute Gasteiger partial charge is 0.214 e. The van der Waals surface area contributed by atoms with E-state index in [0.29, 0.717) is 5.92 Å². The maximum atomic E-state index is 12.5. The first-order valence-corrected chi connectivity index (χ1v) is 9.55. The molecule has 0 unspecified atom stereocenters. The van der Waals surface area contributed by atoms with Crippen LogP contribution in [0.1, 0.15) is 44.9 Å². The molecular weight excluding hydrogens is 276 g/mol. The second-order valence-electron chi connectivity index (χ2n) is 6.07. The van der Waals surface area contributed by atoms with Gasteiger partial charge < -0.3 is 10.4 Å². The van der Waals surface area contributed by atoms with E-state index in [1.54, 1.807) is 4.31 Å². The van der Waals surface area contributed by atoms with Gasteiger partial charge in [-0.25, -0.2) is 8.42 Å². The molecule has 1 aliphatic carbocycles. The summed E-state index contributed by atoms with van der Waals surface area (Å²) >= 11 is 0. The van der Waals surface area contributed by atoms with Gasteiger partial charge in [0.05, 0.1) is 12.4 Å². The van der Waals surface area contributed by atoms with Gasteiger partial charge in [0.2, 0.25) is 10.0 Å². The summed E-state index contributed by atoms with van der Waals surface area (Å²) < 4.78 is 26.7. The molecule has 1 heterocycles. The van der Waals surface area contributed by atoms with Crippen LogP contribution in [0.25, 0.3) is 0 Å². The Morgan fingerprint density at radius 2 is 1.75 bits per heavy atom. The molecule has 20 heavy (non-hydrogen) atoms. The van der Waals surface area contributed by atoms with Crippen molar-refractivity contribution in [2.24, 2.45) is 5.92 Å². The Balaban J connectivity index is 1.90. The van der Waals surface area contributed by atoms with E-state index in [2.05, 4.69) is 5.32 Å². The van der Waals surface area contributed by atoms with Crippen LogP contribution in [-0.2, 0) is 10.0 Å². The van der Waals surface area contributed by atoms with Gasteiger partial charge in [0.25, 0.3) is 0 Å². The summed E-state index contributed by atoms with van der Waals surface area (Å²) in [4.78, 5) is 0. The van der Waals surface area contributed by atoms with Crippen LogP contribution in [0.3, 0.4) is 0 Å². The first-order valence-electron chi connectivity index (χ1n) is 7.94. The zero-order valence-electron chi connectivity index (χ0n) is 12.3. The number of aliphatic hydroxyl groups is 1. The standard InChI is InChI=1S/C14H28N2O3S/c17-11-10-16(14-3-1-2-4-14)20(18,19)12-7-13-5-8-15-9-6-13/h13-15,17H,1-12H2. The van der Waals surface area contributed by atoms with Crippen molar-refractivity contribution in [3.05, 3.63) is 0 Å². The molecule has 6 heteroatoms. The quantitative estimate of drug-likeness (QED) is 0.734. The maximum absolute atomic E-state index is 12.5. The van der Waals surface area contributed by atoms with Crippen LogP contribution in [-0.4, -0.2) is 55.9 Å². The predicted octanol–water partition coefficient (Wildman–Crippen LogP) is 0.943. The molecule has 2 rings (SSSR count). The van der Waals surface area contributed by atoms with E-state index in [-0.39, 0.29) is 24.9 Å². The minimum atomic E-state index is -3.21. The fourth-order valence-corrected chi connectivity index (χ4v) is 5.33. The Morgan fingerprint density at radius 1 is 1.10 bits per heavy atom. The molecule has 1 saturated heterocycles. The van der Waals surface area contributed by atoms with E-state index in [1.165, 1.54) is 0 Å². The Labute approximate surface area is 122 Å². The Kier molecular flexibility index (Phi) is 6.26. The molecule has 0 aromatic rings. The van der Waals surface area contributed by atoms with Crippen molar-refractivity contribution >= 4 is 10.0 Å². The molecule has 0 aromatic heterocycles. The van der Waals surface area contributed by atoms with Crippen molar-refractivity contribution in [3.63, 3.8) is 0 Å². The number of sulfonamides is 1. The summed E-state index contributed by atoms with van der Waals surface area (Å²) in [6, 6.07) is 0.125. The van der Waals surface area contributed by atoms with E-state index in [9.17, 15) is 8.42 Å². The molecule has 2 fully saturated rings. The second kappa shape index (κ2) is 7.73. The molecule has 2 N–H and O–H groups in total. The van der Waals surface area contributed by atoms with Crippen LogP contribution in [0, 0.1) is 5.92 Å². The third-order valence-corrected chi connectivity index (χ3v) is 6.60. The Morgan fingerprint density at radius 3 is 2.35 bits per heavy atom. The number of hydrogen-bond acceptors (Lipinski definition) is 4. The van der Waals surface area contributed by atoms with Gasteiger partial charge in [0, 0.05) is 12.6 Å². The summed E-state index contributed by atoms with van der Waals surface area (Å²) in [5.41, 5.74) is 0. The van der Waals surface area contributed by atoms with Crippen molar-refractivity contribution in [2.45, 2.75) is 51.0 Å². The lowest BCUT2D eigenvalue weighted by Gasteiger charge is -2.29. The lowest BCUT2D eigenvalue weighted by molar-refractivity contribution is 0.225. The van der Waals surface area contributed by atoms with Crippen LogP contribution in [0.4, 0.5) is 0 Å². The summed E-state index contributed by atoms with van der Waals surface area (Å²) in [5.74, 6) is 0.777. The van der Waals surface area contributed by atoms with Gasteiger partial charge in [-0.1, -0.05) is 12.8 Å². The molecular formula is C14H28N2O3S. The fourth-order valence-electron chi connectivity index (χ4n) is 3.44. The molecule has 5 nitrogen and oxygen atoms in total. The maximum Gasteiger partial charge on any atom is 0.214 e. The van der Waals surface area contributed by atoms with Crippen LogP contribution in [0.5, 0.6) is 0 Å². The molecule has 2 aliphatic rings. The van der Waals surface area contributed by atoms with Crippen LogP contribution < -0.4 is 5.32 Å². The fraction of sp³-hybridized carbons (Fsp3) is 1.00. The molecule has 0 spiro atoms. The van der Waals surface area contributed by atoms with Crippen molar-refractivity contribution < 1.29 is 13.5 Å². The molecule has 1 saturated carbocycles. The van der Waals surface area contributed by atoms with Crippen molar-refractivity contribution in [1.29, 1.82) is 0 Å². The van der Waals surface area contributed by atoms with Crippen LogP contribution in [0.2, 0.25) is 0 Å². The van der Waals surface area contributed by atoms with Gasteiger partial charge in [-0.15, -0.1) is 0 Å². The molecule has 0 atom stereocenters. The van der Waals surface area contributed by atoms with Gasteiger partial charge in [-0.2, -0.15) is 4.31 Å². The zero-order valence-corrected chi connectivity index (χ0v) is 13.1. The molecule has 0 bridgehead atoms. The topological polar surface area (TPSA) is 69.6 Å². The SMILES string of the molecule is O=S(=O)(CCC1CCNCC1)N(CCO)C1CCCC1. The van der Waals surface area contributed by atoms with Gasteiger partial charge >= 0.3 is 0 Å². The number of nitrogens with zero attached hydrogens (tertiary/aromatic N) is 1. The Hall–Kier alpha value is -0.170. The summed E-state index contributed by atoms with van der Waals surface area (Å²) in [5, 5.41) is 12.5. The number of piperidine rings is 1. The van der Waals surface area contributed by atoms with Crippen LogP contribution >= 0.6 is 0 Å². The monoisotopic (exact) mass is 304 g/mol. The first kappa shape index (κ1) is 16.2. The third-order valence-electron chi connectivity index (χ3n) is 4.65. The molecule has 1 aliphatic heterocycles. The average molecular weight is 304 g/mol. The molecule has 0 radical (unpaired) electrons. The predicted molar refractivity (Wildman–Crippen MR) is 80.0 cm³/mol. The van der Waals surface area contributed by atoms with E-state index in [0.717, 1.165) is 58.0 Å². The van der Waals surface area contributed by atoms with Gasteiger partial charge in [0.1, 0.15) is 0 Å². The number of hydrogen-bond donors (Lipinski definition) is 2. The van der Waals surface area contributed by atoms with Gasteiger partial charge in [-0.3, -0.25) is 0 Å². The minimum absolute atomic E-state index is 0.0803. The lowest BCUT2D eigenvalue weighted by Crippen LogP contribution is -2.42. The number of aliphatic hydroxyl groups excluding tert-OH is 1. The van der Waals surface area contributed by atoms with Crippen LogP contribution in [0.15, 0.2) is 0 Å². The van der Waals surface area contributed by atoms with Gasteiger partial charge in [-0.05, 0) is 51.1 Å². The molecule has 118 valence electrons. The third kappa shape index (κ3) is 4.41. The molecule has 0 amide bonds. The molecule has 0 aromatic carbocycles. The van der Waals surface area contributed by atoms with E-state index in [4.69, 9.17) is 5.11 Å². The summed E-state index contributed by atoms with van der Waals surface area (Å²) in [6.45, 7) is 2.20. The highest BCUT2D eigenvalue weighted by Crippen LogP contribution is 2.27. The minimum Gasteiger partial charge on any atom is -0.395 e. The number of rotatable bonds is 7. The van der Waals surface area contributed by atoms with E-state index >= 15 is 0 Å². The highest BCUT2D eigenvalue weighted by Gasteiger charge is 2.31.